The molecule has 30 heavy (non-hydrogen) atoms. The summed E-state index contributed by atoms with van der Waals surface area (Å²) in [5.41, 5.74) is 5.96. The molecule has 3 heterocycles. The summed E-state index contributed by atoms with van der Waals surface area (Å²) in [6, 6.07) is 12.0. The van der Waals surface area contributed by atoms with E-state index in [0.717, 1.165) is 12.3 Å². The summed E-state index contributed by atoms with van der Waals surface area (Å²) in [6.07, 6.45) is -3.66. The van der Waals surface area contributed by atoms with E-state index < -0.39 is 17.4 Å². The predicted octanol–water partition coefficient (Wildman–Crippen LogP) is 5.01. The number of anilines is 1. The van der Waals surface area contributed by atoms with E-state index in [4.69, 9.17) is 17.3 Å². The maximum Gasteiger partial charge on any atom is 0.433 e. The van der Waals surface area contributed by atoms with Crippen LogP contribution in [0.1, 0.15) is 11.4 Å². The fraction of sp³-hybridized carbons (Fsp3) is 0.0952. The highest BCUT2D eigenvalue weighted by Crippen LogP contribution is 2.34. The third kappa shape index (κ3) is 3.39. The number of aromatic nitrogens is 3. The van der Waals surface area contributed by atoms with Crippen LogP contribution in [0.15, 0.2) is 59.5 Å². The van der Waals surface area contributed by atoms with Crippen molar-refractivity contribution in [2.24, 2.45) is 0 Å². The van der Waals surface area contributed by atoms with E-state index in [0.29, 0.717) is 27.4 Å². The number of nitrogens with two attached hydrogens (primary N) is 1. The number of alkyl halides is 3. The molecule has 0 atom stereocenters. The topological polar surface area (TPSA) is 73.8 Å². The summed E-state index contributed by atoms with van der Waals surface area (Å²) in [7, 11) is 0. The van der Waals surface area contributed by atoms with Gasteiger partial charge in [0, 0.05) is 22.3 Å². The van der Waals surface area contributed by atoms with Gasteiger partial charge in [0.1, 0.15) is 11.3 Å². The van der Waals surface area contributed by atoms with Crippen LogP contribution in [0.25, 0.3) is 27.8 Å². The molecule has 9 heteroatoms. The fourth-order valence-corrected chi connectivity index (χ4v) is 3.36. The molecular formula is C21H14ClF3N4O. The summed E-state index contributed by atoms with van der Waals surface area (Å²) >= 11 is 5.96. The van der Waals surface area contributed by atoms with Crippen molar-refractivity contribution in [3.8, 4) is 16.8 Å². The highest BCUT2D eigenvalue weighted by atomic mass is 35.5. The Balaban J connectivity index is 2.11. The normalized spacial score (nSPS) is 11.8. The van der Waals surface area contributed by atoms with Crippen molar-refractivity contribution in [1.29, 1.82) is 0 Å². The third-order valence-electron chi connectivity index (χ3n) is 4.63. The van der Waals surface area contributed by atoms with Crippen molar-refractivity contribution < 1.29 is 13.2 Å². The Hall–Kier alpha value is -3.39. The zero-order chi connectivity index (χ0) is 21.6. The number of hydrogen-bond acceptors (Lipinski definition) is 4. The SMILES string of the molecule is Cc1ccc2c(N)c(-c3ccnc(C(F)(F)F)c3)c(=O)n(-c3ccc(Cl)cc3)c2n1. The van der Waals surface area contributed by atoms with E-state index in [-0.39, 0.29) is 16.8 Å². The Morgan fingerprint density at radius 2 is 1.77 bits per heavy atom. The van der Waals surface area contributed by atoms with Gasteiger partial charge in [-0.1, -0.05) is 11.6 Å². The molecule has 0 aliphatic heterocycles. The number of nitrogen functional groups attached to an aromatic ring is 1. The molecule has 2 N–H and O–H groups in total. The van der Waals surface area contributed by atoms with Gasteiger partial charge in [-0.2, -0.15) is 13.2 Å². The number of halogens is 4. The maximum atomic E-state index is 13.5. The molecule has 0 radical (unpaired) electrons. The van der Waals surface area contributed by atoms with Crippen molar-refractivity contribution in [2.75, 3.05) is 5.73 Å². The number of benzene rings is 1. The molecule has 5 nitrogen and oxygen atoms in total. The molecule has 0 fully saturated rings. The Morgan fingerprint density at radius 3 is 2.43 bits per heavy atom. The molecule has 0 saturated heterocycles. The molecule has 4 rings (SSSR count). The van der Waals surface area contributed by atoms with E-state index in [1.807, 2.05) is 0 Å². The molecule has 4 aromatic rings. The van der Waals surface area contributed by atoms with Gasteiger partial charge < -0.3 is 5.73 Å². The zero-order valence-corrected chi connectivity index (χ0v) is 16.3. The van der Waals surface area contributed by atoms with Gasteiger partial charge in [0.15, 0.2) is 0 Å². The summed E-state index contributed by atoms with van der Waals surface area (Å²) in [5.74, 6) is 0. The second-order valence-corrected chi connectivity index (χ2v) is 7.09. The molecule has 0 spiro atoms. The highest BCUT2D eigenvalue weighted by Gasteiger charge is 2.33. The smallest absolute Gasteiger partial charge is 0.397 e. The van der Waals surface area contributed by atoms with Gasteiger partial charge in [-0.15, -0.1) is 0 Å². The lowest BCUT2D eigenvalue weighted by atomic mass is 10.0. The number of hydrogen-bond donors (Lipinski definition) is 1. The summed E-state index contributed by atoms with van der Waals surface area (Å²) in [5, 5.41) is 0.912. The third-order valence-corrected chi connectivity index (χ3v) is 4.88. The second-order valence-electron chi connectivity index (χ2n) is 6.66. The van der Waals surface area contributed by atoms with Gasteiger partial charge in [-0.25, -0.2) is 4.98 Å². The van der Waals surface area contributed by atoms with Crippen LogP contribution in [-0.4, -0.2) is 14.5 Å². The van der Waals surface area contributed by atoms with Crippen molar-refractivity contribution in [2.45, 2.75) is 13.1 Å². The van der Waals surface area contributed by atoms with Crippen molar-refractivity contribution in [3.05, 3.63) is 81.5 Å². The predicted molar refractivity (Wildman–Crippen MR) is 110 cm³/mol. The minimum Gasteiger partial charge on any atom is -0.397 e. The van der Waals surface area contributed by atoms with Crippen LogP contribution in [0.4, 0.5) is 18.9 Å². The molecule has 152 valence electrons. The van der Waals surface area contributed by atoms with Gasteiger partial charge in [-0.3, -0.25) is 14.3 Å². The summed E-state index contributed by atoms with van der Waals surface area (Å²) < 4.78 is 40.8. The first-order valence-electron chi connectivity index (χ1n) is 8.78. The average molecular weight is 431 g/mol. The van der Waals surface area contributed by atoms with E-state index in [9.17, 15) is 18.0 Å². The summed E-state index contributed by atoms with van der Waals surface area (Å²) in [4.78, 5) is 21.3. The first kappa shape index (κ1) is 19.9. The van der Waals surface area contributed by atoms with Crippen molar-refractivity contribution in [3.63, 3.8) is 0 Å². The van der Waals surface area contributed by atoms with E-state index >= 15 is 0 Å². The number of pyridine rings is 3. The summed E-state index contributed by atoms with van der Waals surface area (Å²) in [6.45, 7) is 1.76. The van der Waals surface area contributed by atoms with E-state index in [1.54, 1.807) is 43.3 Å². The lowest BCUT2D eigenvalue weighted by molar-refractivity contribution is -0.141. The minimum absolute atomic E-state index is 0.0185. The van der Waals surface area contributed by atoms with Crippen LogP contribution < -0.4 is 11.3 Å². The number of fused-ring (bicyclic) bond motifs is 1. The molecule has 0 amide bonds. The monoisotopic (exact) mass is 430 g/mol. The molecule has 0 unspecified atom stereocenters. The van der Waals surface area contributed by atoms with Gasteiger partial charge in [0.2, 0.25) is 0 Å². The molecule has 1 aromatic carbocycles. The Kier molecular flexibility index (Phi) is 4.74. The van der Waals surface area contributed by atoms with E-state index in [1.165, 1.54) is 10.6 Å². The van der Waals surface area contributed by atoms with Crippen LogP contribution in [0.5, 0.6) is 0 Å². The van der Waals surface area contributed by atoms with Crippen LogP contribution in [0.2, 0.25) is 5.02 Å². The lowest BCUT2D eigenvalue weighted by Gasteiger charge is -2.16. The number of rotatable bonds is 2. The average Bonchev–Trinajstić information content (AvgIpc) is 2.69. The van der Waals surface area contributed by atoms with Crippen LogP contribution >= 0.6 is 11.6 Å². The van der Waals surface area contributed by atoms with Crippen LogP contribution in [0, 0.1) is 6.92 Å². The Bertz CT molecular complexity index is 1330. The van der Waals surface area contributed by atoms with Crippen LogP contribution in [0.3, 0.4) is 0 Å². The molecule has 0 aliphatic rings. The molecule has 0 saturated carbocycles. The van der Waals surface area contributed by atoms with Gasteiger partial charge >= 0.3 is 6.18 Å². The van der Waals surface area contributed by atoms with Gasteiger partial charge in [-0.05, 0) is 61.0 Å². The fourth-order valence-electron chi connectivity index (χ4n) is 3.23. The lowest BCUT2D eigenvalue weighted by Crippen LogP contribution is -2.23. The maximum absolute atomic E-state index is 13.5. The number of nitrogens with zero attached hydrogens (tertiary/aromatic N) is 3. The Morgan fingerprint density at radius 1 is 1.07 bits per heavy atom. The first-order chi connectivity index (χ1) is 14.2. The van der Waals surface area contributed by atoms with Gasteiger partial charge in [0.25, 0.3) is 5.56 Å². The van der Waals surface area contributed by atoms with E-state index in [2.05, 4.69) is 9.97 Å². The quantitative estimate of drug-likeness (QED) is 0.485. The molecule has 3 aromatic heterocycles. The Labute approximate surface area is 173 Å². The molecule has 0 bridgehead atoms. The van der Waals surface area contributed by atoms with Gasteiger partial charge in [0.05, 0.1) is 16.9 Å². The largest absolute Gasteiger partial charge is 0.433 e. The van der Waals surface area contributed by atoms with Crippen LogP contribution in [-0.2, 0) is 6.18 Å². The molecular weight excluding hydrogens is 417 g/mol. The van der Waals surface area contributed by atoms with Crippen molar-refractivity contribution in [1.82, 2.24) is 14.5 Å². The first-order valence-corrected chi connectivity index (χ1v) is 9.16. The molecule has 0 aliphatic carbocycles. The highest BCUT2D eigenvalue weighted by molar-refractivity contribution is 6.30. The standard InChI is InChI=1S/C21H14ClF3N4O/c1-11-2-7-15-18(26)17(12-8-9-27-16(10-12)21(23,24)25)20(30)29(19(15)28-11)14-5-3-13(22)4-6-14/h2-10H,26H2,1H3. The van der Waals surface area contributed by atoms with Crippen molar-refractivity contribution >= 4 is 28.3 Å². The zero-order valence-electron chi connectivity index (χ0n) is 15.5. The second kappa shape index (κ2) is 7.14. The number of aryl methyl sites for hydroxylation is 1. The minimum atomic E-state index is -4.66.